The van der Waals surface area contributed by atoms with Crippen molar-refractivity contribution < 1.29 is 13.5 Å². The van der Waals surface area contributed by atoms with E-state index in [1.807, 2.05) is 6.07 Å². The third-order valence-electron chi connectivity index (χ3n) is 4.17. The third kappa shape index (κ3) is 2.97. The van der Waals surface area contributed by atoms with Crippen LogP contribution in [0.5, 0.6) is 5.88 Å². The molecular formula is C17H15ClN2O3S. The highest BCUT2D eigenvalue weighted by Crippen LogP contribution is 2.34. The van der Waals surface area contributed by atoms with E-state index in [1.165, 1.54) is 0 Å². The van der Waals surface area contributed by atoms with E-state index in [0.717, 1.165) is 12.8 Å². The summed E-state index contributed by atoms with van der Waals surface area (Å²) in [4.78, 5) is 3.86. The van der Waals surface area contributed by atoms with E-state index < -0.39 is 15.7 Å². The van der Waals surface area contributed by atoms with Crippen LogP contribution in [-0.2, 0) is 28.4 Å². The second-order valence-electron chi connectivity index (χ2n) is 5.74. The van der Waals surface area contributed by atoms with Crippen molar-refractivity contribution in [3.05, 3.63) is 51.5 Å². The van der Waals surface area contributed by atoms with Gasteiger partial charge in [-0.2, -0.15) is 5.26 Å². The Morgan fingerprint density at radius 2 is 1.88 bits per heavy atom. The molecule has 1 aliphatic carbocycles. The molecule has 1 N–H and O–H groups in total. The van der Waals surface area contributed by atoms with Gasteiger partial charge in [-0.1, -0.05) is 29.8 Å². The number of aromatic nitrogens is 1. The number of pyridine rings is 1. The molecule has 0 atom stereocenters. The van der Waals surface area contributed by atoms with Gasteiger partial charge in [-0.25, -0.2) is 13.4 Å². The van der Waals surface area contributed by atoms with Crippen molar-refractivity contribution in [3.8, 4) is 11.9 Å². The van der Waals surface area contributed by atoms with Crippen LogP contribution in [0.25, 0.3) is 0 Å². The third-order valence-corrected chi connectivity index (χ3v) is 6.16. The van der Waals surface area contributed by atoms with Gasteiger partial charge >= 0.3 is 0 Å². The number of benzene rings is 1. The number of aromatic hydroxyl groups is 1. The minimum absolute atomic E-state index is 0.0846. The van der Waals surface area contributed by atoms with Crippen LogP contribution in [0.1, 0.15) is 35.1 Å². The average molecular weight is 363 g/mol. The number of hydrogen-bond acceptors (Lipinski definition) is 5. The molecule has 0 amide bonds. The van der Waals surface area contributed by atoms with E-state index in [0.29, 0.717) is 34.6 Å². The topological polar surface area (TPSA) is 91.0 Å². The van der Waals surface area contributed by atoms with Gasteiger partial charge in [-0.3, -0.25) is 0 Å². The van der Waals surface area contributed by atoms with Crippen LogP contribution in [0, 0.1) is 11.3 Å². The second-order valence-corrected chi connectivity index (χ2v) is 8.05. The Balaban J connectivity index is 2.14. The molecule has 3 rings (SSSR count). The van der Waals surface area contributed by atoms with Crippen LogP contribution in [0.15, 0.2) is 29.3 Å². The van der Waals surface area contributed by atoms with Crippen LogP contribution >= 0.6 is 11.6 Å². The molecule has 1 aliphatic rings. The Morgan fingerprint density at radius 1 is 1.21 bits per heavy atom. The molecule has 124 valence electrons. The first-order valence-corrected chi connectivity index (χ1v) is 9.58. The fraction of sp³-hybridized carbons (Fsp3) is 0.294. The van der Waals surface area contributed by atoms with Gasteiger partial charge in [0, 0.05) is 5.02 Å². The molecule has 0 saturated heterocycles. The fourth-order valence-corrected chi connectivity index (χ4v) is 4.94. The predicted molar refractivity (Wildman–Crippen MR) is 89.6 cm³/mol. The molecule has 0 radical (unpaired) electrons. The molecule has 0 saturated carbocycles. The Morgan fingerprint density at radius 3 is 2.54 bits per heavy atom. The number of rotatable bonds is 3. The minimum Gasteiger partial charge on any atom is -0.492 e. The van der Waals surface area contributed by atoms with Gasteiger partial charge in [0.25, 0.3) is 0 Å². The van der Waals surface area contributed by atoms with Crippen LogP contribution in [0.2, 0.25) is 5.02 Å². The van der Waals surface area contributed by atoms with E-state index in [4.69, 9.17) is 11.6 Å². The molecule has 24 heavy (non-hydrogen) atoms. The lowest BCUT2D eigenvalue weighted by molar-refractivity contribution is 0.440. The van der Waals surface area contributed by atoms with E-state index in [1.54, 1.807) is 24.3 Å². The minimum atomic E-state index is -3.79. The highest BCUT2D eigenvalue weighted by atomic mass is 35.5. The number of nitriles is 1. The van der Waals surface area contributed by atoms with Gasteiger partial charge in [0.2, 0.25) is 5.88 Å². The Kier molecular flexibility index (Phi) is 4.48. The smallest absolute Gasteiger partial charge is 0.230 e. The van der Waals surface area contributed by atoms with E-state index in [9.17, 15) is 18.8 Å². The Bertz CT molecular complexity index is 949. The second kappa shape index (κ2) is 6.42. The molecule has 0 fully saturated rings. The molecule has 1 aromatic carbocycles. The summed E-state index contributed by atoms with van der Waals surface area (Å²) in [6.45, 7) is 0. The summed E-state index contributed by atoms with van der Waals surface area (Å²) in [7, 11) is -3.79. The zero-order valence-electron chi connectivity index (χ0n) is 12.8. The highest BCUT2D eigenvalue weighted by molar-refractivity contribution is 7.90. The number of sulfone groups is 1. The SMILES string of the molecule is N#Cc1c(O)nc(S(=O)(=O)Cc2ccccc2Cl)c2c1CCCC2. The molecule has 1 heterocycles. The summed E-state index contributed by atoms with van der Waals surface area (Å²) < 4.78 is 25.7. The van der Waals surface area contributed by atoms with Crippen molar-refractivity contribution in [2.45, 2.75) is 36.5 Å². The largest absolute Gasteiger partial charge is 0.492 e. The molecule has 0 aliphatic heterocycles. The molecule has 7 heteroatoms. The monoisotopic (exact) mass is 362 g/mol. The number of halogens is 1. The maximum Gasteiger partial charge on any atom is 0.230 e. The van der Waals surface area contributed by atoms with Crippen molar-refractivity contribution in [2.75, 3.05) is 0 Å². The summed E-state index contributed by atoms with van der Waals surface area (Å²) in [5.74, 6) is -0.812. The maximum atomic E-state index is 12.9. The average Bonchev–Trinajstić information content (AvgIpc) is 2.56. The van der Waals surface area contributed by atoms with Crippen molar-refractivity contribution >= 4 is 21.4 Å². The van der Waals surface area contributed by atoms with E-state index in [-0.39, 0.29) is 16.3 Å². The first-order valence-electron chi connectivity index (χ1n) is 7.55. The predicted octanol–water partition coefficient (Wildman–Crippen LogP) is 3.16. The maximum absolute atomic E-state index is 12.9. The van der Waals surface area contributed by atoms with E-state index >= 15 is 0 Å². The normalized spacial score (nSPS) is 14.0. The molecule has 1 aromatic heterocycles. The summed E-state index contributed by atoms with van der Waals surface area (Å²) in [6.07, 6.45) is 2.80. The van der Waals surface area contributed by atoms with Gasteiger partial charge in [-0.05, 0) is 48.4 Å². The first-order chi connectivity index (χ1) is 11.4. The summed E-state index contributed by atoms with van der Waals surface area (Å²) in [5.41, 5.74) is 1.73. The highest BCUT2D eigenvalue weighted by Gasteiger charge is 2.29. The lowest BCUT2D eigenvalue weighted by Gasteiger charge is -2.20. The lowest BCUT2D eigenvalue weighted by atomic mass is 9.90. The van der Waals surface area contributed by atoms with Crippen molar-refractivity contribution in [2.24, 2.45) is 0 Å². The van der Waals surface area contributed by atoms with Crippen LogP contribution in [0.3, 0.4) is 0 Å². The molecule has 2 aromatic rings. The standard InChI is InChI=1S/C17H15ClN2O3S/c18-15-8-4-1-5-11(15)10-24(22,23)17-13-7-3-2-6-12(13)14(9-19)16(21)20-17/h1,4-5,8H,2-3,6-7,10H2,(H,20,21). The van der Waals surface area contributed by atoms with Crippen LogP contribution in [0.4, 0.5) is 0 Å². The van der Waals surface area contributed by atoms with Crippen molar-refractivity contribution in [3.63, 3.8) is 0 Å². The molecule has 0 unspecified atom stereocenters. The quantitative estimate of drug-likeness (QED) is 0.905. The van der Waals surface area contributed by atoms with Gasteiger partial charge in [-0.15, -0.1) is 0 Å². The van der Waals surface area contributed by atoms with Crippen molar-refractivity contribution in [1.82, 2.24) is 4.98 Å². The number of hydrogen-bond donors (Lipinski definition) is 1. The van der Waals surface area contributed by atoms with Gasteiger partial charge in [0.1, 0.15) is 11.6 Å². The zero-order valence-corrected chi connectivity index (χ0v) is 14.4. The molecular weight excluding hydrogens is 348 g/mol. The molecule has 0 spiro atoms. The van der Waals surface area contributed by atoms with Gasteiger partial charge < -0.3 is 5.11 Å². The van der Waals surface area contributed by atoms with Crippen LogP contribution < -0.4 is 0 Å². The summed E-state index contributed by atoms with van der Waals surface area (Å²) in [6, 6.07) is 8.66. The summed E-state index contributed by atoms with van der Waals surface area (Å²) >= 11 is 6.06. The van der Waals surface area contributed by atoms with Crippen molar-refractivity contribution in [1.29, 1.82) is 5.26 Å². The zero-order chi connectivity index (χ0) is 17.3. The Hall–Kier alpha value is -2.10. The number of fused-ring (bicyclic) bond motifs is 1. The lowest BCUT2D eigenvalue weighted by Crippen LogP contribution is -2.16. The van der Waals surface area contributed by atoms with Gasteiger partial charge in [0.05, 0.1) is 5.75 Å². The molecule has 5 nitrogen and oxygen atoms in total. The Labute approximate surface area is 145 Å². The van der Waals surface area contributed by atoms with Gasteiger partial charge in [0.15, 0.2) is 14.9 Å². The summed E-state index contributed by atoms with van der Waals surface area (Å²) in [5, 5.41) is 19.5. The van der Waals surface area contributed by atoms with Crippen LogP contribution in [-0.4, -0.2) is 18.5 Å². The molecule has 0 bridgehead atoms. The van der Waals surface area contributed by atoms with E-state index in [2.05, 4.69) is 4.98 Å². The first kappa shape index (κ1) is 16.7. The fourth-order valence-electron chi connectivity index (χ4n) is 3.04. The number of nitrogens with zero attached hydrogens (tertiary/aromatic N) is 2.